The fraction of sp³-hybridized carbons (Fsp3) is 0.300. The van der Waals surface area contributed by atoms with Crippen LogP contribution < -0.4 is 0 Å². The van der Waals surface area contributed by atoms with Gasteiger partial charge in [-0.15, -0.1) is 0 Å². The number of halogens is 1. The number of carboxylic acid groups (broad SMARTS) is 1. The maximum atomic E-state index is 13.3. The van der Waals surface area contributed by atoms with E-state index in [0.29, 0.717) is 0 Å². The standard InChI is InChI=1S/C10H10FNO5/c1-5(9(13)10(14)15)6-2-3-8(12(16)17)7(11)4-6/h2-5,9,13H,1H3,(H,14,15)/t5-,9+/m0/s1. The maximum Gasteiger partial charge on any atom is 0.333 e. The molecule has 1 aromatic carbocycles. The molecule has 0 saturated heterocycles. The highest BCUT2D eigenvalue weighted by atomic mass is 19.1. The van der Waals surface area contributed by atoms with Gasteiger partial charge in [0, 0.05) is 12.0 Å². The monoisotopic (exact) mass is 243 g/mol. The molecule has 7 heteroatoms. The number of carbonyl (C=O) groups is 1. The summed E-state index contributed by atoms with van der Waals surface area (Å²) in [6, 6.07) is 3.02. The summed E-state index contributed by atoms with van der Waals surface area (Å²) in [7, 11) is 0. The minimum absolute atomic E-state index is 0.183. The summed E-state index contributed by atoms with van der Waals surface area (Å²) in [6.07, 6.45) is -1.68. The van der Waals surface area contributed by atoms with E-state index in [1.54, 1.807) is 0 Å². The van der Waals surface area contributed by atoms with Crippen molar-refractivity contribution >= 4 is 11.7 Å². The van der Waals surface area contributed by atoms with Crippen LogP contribution >= 0.6 is 0 Å². The van der Waals surface area contributed by atoms with E-state index >= 15 is 0 Å². The molecule has 2 N–H and O–H groups in total. The third-order valence-electron chi connectivity index (χ3n) is 2.42. The van der Waals surface area contributed by atoms with Crippen molar-refractivity contribution < 1.29 is 24.3 Å². The van der Waals surface area contributed by atoms with Crippen molar-refractivity contribution in [2.45, 2.75) is 18.9 Å². The Morgan fingerprint density at radius 3 is 2.53 bits per heavy atom. The van der Waals surface area contributed by atoms with Crippen LogP contribution in [0.2, 0.25) is 0 Å². The molecular formula is C10H10FNO5. The molecule has 0 spiro atoms. The van der Waals surface area contributed by atoms with E-state index in [0.717, 1.165) is 12.1 Å². The molecule has 0 fully saturated rings. The van der Waals surface area contributed by atoms with E-state index in [-0.39, 0.29) is 5.56 Å². The first kappa shape index (κ1) is 13.0. The largest absolute Gasteiger partial charge is 0.479 e. The molecular weight excluding hydrogens is 233 g/mol. The Kier molecular flexibility index (Phi) is 3.74. The normalized spacial score (nSPS) is 14.1. The summed E-state index contributed by atoms with van der Waals surface area (Å²) < 4.78 is 13.3. The summed E-state index contributed by atoms with van der Waals surface area (Å²) in [6.45, 7) is 1.39. The Hall–Kier alpha value is -2.02. The topological polar surface area (TPSA) is 101 Å². The number of aliphatic hydroxyl groups excluding tert-OH is 1. The number of nitro groups is 1. The minimum atomic E-state index is -1.68. The predicted molar refractivity (Wildman–Crippen MR) is 55.1 cm³/mol. The minimum Gasteiger partial charge on any atom is -0.479 e. The first-order valence-corrected chi connectivity index (χ1v) is 4.69. The van der Waals surface area contributed by atoms with Crippen molar-refractivity contribution in [3.05, 3.63) is 39.7 Å². The van der Waals surface area contributed by atoms with Crippen LogP contribution in [0.25, 0.3) is 0 Å². The molecule has 0 amide bonds. The molecule has 0 saturated carbocycles. The Labute approximate surface area is 95.5 Å². The second-order valence-corrected chi connectivity index (χ2v) is 3.54. The van der Waals surface area contributed by atoms with E-state index in [4.69, 9.17) is 5.11 Å². The number of hydrogen-bond donors (Lipinski definition) is 2. The number of rotatable bonds is 4. The van der Waals surface area contributed by atoms with Crippen molar-refractivity contribution in [3.63, 3.8) is 0 Å². The van der Waals surface area contributed by atoms with Gasteiger partial charge >= 0.3 is 11.7 Å². The third kappa shape index (κ3) is 2.76. The van der Waals surface area contributed by atoms with Crippen LogP contribution in [0, 0.1) is 15.9 Å². The first-order valence-electron chi connectivity index (χ1n) is 4.69. The lowest BCUT2D eigenvalue weighted by molar-refractivity contribution is -0.387. The molecule has 0 heterocycles. The van der Waals surface area contributed by atoms with Gasteiger partial charge in [-0.25, -0.2) is 4.79 Å². The fourth-order valence-corrected chi connectivity index (χ4v) is 1.35. The van der Waals surface area contributed by atoms with Gasteiger partial charge in [-0.2, -0.15) is 4.39 Å². The lowest BCUT2D eigenvalue weighted by atomic mass is 9.95. The summed E-state index contributed by atoms with van der Waals surface area (Å²) in [5, 5.41) is 28.2. The van der Waals surface area contributed by atoms with Crippen LogP contribution in [-0.2, 0) is 4.79 Å². The molecule has 1 rings (SSSR count). The summed E-state index contributed by atoms with van der Waals surface area (Å²) in [5.41, 5.74) is -0.506. The Balaban J connectivity index is 3.05. The quantitative estimate of drug-likeness (QED) is 0.612. The van der Waals surface area contributed by atoms with Gasteiger partial charge in [0.05, 0.1) is 4.92 Å². The second kappa shape index (κ2) is 4.88. The fourth-order valence-electron chi connectivity index (χ4n) is 1.35. The molecule has 0 aliphatic carbocycles. The average Bonchev–Trinajstić information content (AvgIpc) is 2.26. The smallest absolute Gasteiger partial charge is 0.333 e. The van der Waals surface area contributed by atoms with Gasteiger partial charge in [0.2, 0.25) is 5.82 Å². The Morgan fingerprint density at radius 2 is 2.12 bits per heavy atom. The molecule has 6 nitrogen and oxygen atoms in total. The van der Waals surface area contributed by atoms with Crippen LogP contribution in [0.1, 0.15) is 18.4 Å². The lowest BCUT2D eigenvalue weighted by Gasteiger charge is -2.15. The van der Waals surface area contributed by atoms with Crippen molar-refractivity contribution in [2.24, 2.45) is 0 Å². The van der Waals surface area contributed by atoms with E-state index < -0.39 is 34.4 Å². The molecule has 1 aromatic rings. The van der Waals surface area contributed by atoms with Gasteiger partial charge in [0.25, 0.3) is 0 Å². The van der Waals surface area contributed by atoms with Gasteiger partial charge in [0.1, 0.15) is 0 Å². The highest BCUT2D eigenvalue weighted by molar-refractivity contribution is 5.73. The van der Waals surface area contributed by atoms with Gasteiger partial charge in [-0.05, 0) is 11.6 Å². The van der Waals surface area contributed by atoms with Crippen molar-refractivity contribution in [3.8, 4) is 0 Å². The average molecular weight is 243 g/mol. The molecule has 0 unspecified atom stereocenters. The number of aliphatic carboxylic acids is 1. The number of benzene rings is 1. The summed E-state index contributed by atoms with van der Waals surface area (Å²) >= 11 is 0. The van der Waals surface area contributed by atoms with Gasteiger partial charge in [0.15, 0.2) is 6.10 Å². The van der Waals surface area contributed by atoms with Crippen molar-refractivity contribution in [1.82, 2.24) is 0 Å². The second-order valence-electron chi connectivity index (χ2n) is 3.54. The SMILES string of the molecule is C[C@@H](c1ccc([N+](=O)[O-])c(F)c1)[C@@H](O)C(=O)O. The maximum absolute atomic E-state index is 13.3. The molecule has 92 valence electrons. The molecule has 0 aromatic heterocycles. The van der Waals surface area contributed by atoms with Gasteiger partial charge in [-0.3, -0.25) is 10.1 Å². The summed E-state index contributed by atoms with van der Waals surface area (Å²) in [4.78, 5) is 20.0. The zero-order chi connectivity index (χ0) is 13.2. The van der Waals surface area contributed by atoms with E-state index in [1.807, 2.05) is 0 Å². The lowest BCUT2D eigenvalue weighted by Crippen LogP contribution is -2.25. The Morgan fingerprint density at radius 1 is 1.53 bits per heavy atom. The molecule has 0 bridgehead atoms. The number of hydrogen-bond acceptors (Lipinski definition) is 4. The molecule has 17 heavy (non-hydrogen) atoms. The Bertz CT molecular complexity index is 462. The van der Waals surface area contributed by atoms with E-state index in [2.05, 4.69) is 0 Å². The third-order valence-corrected chi connectivity index (χ3v) is 2.42. The zero-order valence-corrected chi connectivity index (χ0v) is 8.83. The van der Waals surface area contributed by atoms with E-state index in [1.165, 1.54) is 13.0 Å². The predicted octanol–water partition coefficient (Wildman–Crippen LogP) is 1.28. The number of nitrogens with zero attached hydrogens (tertiary/aromatic N) is 1. The number of nitro benzene ring substituents is 1. The highest BCUT2D eigenvalue weighted by Crippen LogP contribution is 2.25. The molecule has 0 radical (unpaired) electrons. The van der Waals surface area contributed by atoms with E-state index in [9.17, 15) is 24.4 Å². The highest BCUT2D eigenvalue weighted by Gasteiger charge is 2.25. The van der Waals surface area contributed by atoms with Crippen LogP contribution in [0.15, 0.2) is 18.2 Å². The summed E-state index contributed by atoms with van der Waals surface area (Å²) in [5.74, 6) is -3.35. The van der Waals surface area contributed by atoms with Crippen molar-refractivity contribution in [2.75, 3.05) is 0 Å². The molecule has 0 aliphatic rings. The van der Waals surface area contributed by atoms with Crippen LogP contribution in [-0.4, -0.2) is 27.2 Å². The zero-order valence-electron chi connectivity index (χ0n) is 8.83. The number of aliphatic hydroxyl groups is 1. The molecule has 2 atom stereocenters. The van der Waals surface area contributed by atoms with Crippen molar-refractivity contribution in [1.29, 1.82) is 0 Å². The van der Waals surface area contributed by atoms with Gasteiger partial charge in [-0.1, -0.05) is 13.0 Å². The van der Waals surface area contributed by atoms with Crippen LogP contribution in [0.4, 0.5) is 10.1 Å². The first-order chi connectivity index (χ1) is 7.84. The van der Waals surface area contributed by atoms with Gasteiger partial charge < -0.3 is 10.2 Å². The number of carboxylic acids is 1. The van der Waals surface area contributed by atoms with Crippen LogP contribution in [0.5, 0.6) is 0 Å². The van der Waals surface area contributed by atoms with Crippen LogP contribution in [0.3, 0.4) is 0 Å². The molecule has 0 aliphatic heterocycles.